The number of aromatic nitrogens is 2. The van der Waals surface area contributed by atoms with Crippen molar-refractivity contribution in [2.75, 3.05) is 12.4 Å². The minimum atomic E-state index is -0.374. The molecule has 0 radical (unpaired) electrons. The van der Waals surface area contributed by atoms with Crippen molar-refractivity contribution in [3.05, 3.63) is 47.9 Å². The maximum Gasteiger partial charge on any atom is 0.274 e. The first-order chi connectivity index (χ1) is 9.60. The van der Waals surface area contributed by atoms with Crippen molar-refractivity contribution in [2.24, 2.45) is 0 Å². The van der Waals surface area contributed by atoms with Gasteiger partial charge in [-0.15, -0.1) is 0 Å². The summed E-state index contributed by atoms with van der Waals surface area (Å²) in [6.07, 6.45) is 1.26. The molecule has 1 N–H and O–H groups in total. The van der Waals surface area contributed by atoms with Gasteiger partial charge in [0.2, 0.25) is 5.88 Å². The van der Waals surface area contributed by atoms with Gasteiger partial charge < -0.3 is 10.1 Å². The maximum absolute atomic E-state index is 12.0. The molecule has 0 saturated carbocycles. The number of nitrogens with one attached hydrogen (secondary N) is 1. The summed E-state index contributed by atoms with van der Waals surface area (Å²) in [7, 11) is 1.46. The minimum absolute atomic E-state index is 0.0246. The second kappa shape index (κ2) is 5.92. The molecular weight excluding hydrogens is 258 g/mol. The third-order valence-electron chi connectivity index (χ3n) is 2.63. The Hall–Kier alpha value is -2.76. The number of nitrogens with zero attached hydrogens (tertiary/aromatic N) is 2. The normalized spacial score (nSPS) is 9.90. The number of carbonyl (C=O) groups excluding carboxylic acids is 2. The number of benzene rings is 1. The summed E-state index contributed by atoms with van der Waals surface area (Å²) in [6, 6.07) is 8.07. The Balaban J connectivity index is 2.12. The first kappa shape index (κ1) is 13.7. The van der Waals surface area contributed by atoms with Crippen molar-refractivity contribution in [3.63, 3.8) is 0 Å². The molecule has 0 bridgehead atoms. The summed E-state index contributed by atoms with van der Waals surface area (Å²) in [5, 5.41) is 2.68. The third kappa shape index (κ3) is 3.17. The van der Waals surface area contributed by atoms with Crippen molar-refractivity contribution in [1.29, 1.82) is 0 Å². The number of anilines is 1. The molecule has 0 atom stereocenters. The SMILES string of the molecule is COc1cc(C(=O)Nc2ccc(C(C)=O)cc2)ncn1. The van der Waals surface area contributed by atoms with E-state index in [1.807, 2.05) is 0 Å². The van der Waals surface area contributed by atoms with E-state index >= 15 is 0 Å². The van der Waals surface area contributed by atoms with E-state index in [1.54, 1.807) is 24.3 Å². The Morgan fingerprint density at radius 2 is 1.85 bits per heavy atom. The van der Waals surface area contributed by atoms with Gasteiger partial charge in [-0.2, -0.15) is 0 Å². The number of hydrogen-bond acceptors (Lipinski definition) is 5. The molecule has 0 fully saturated rings. The number of rotatable bonds is 4. The van der Waals surface area contributed by atoms with Gasteiger partial charge >= 0.3 is 0 Å². The minimum Gasteiger partial charge on any atom is -0.481 e. The van der Waals surface area contributed by atoms with Crippen LogP contribution in [-0.2, 0) is 0 Å². The Morgan fingerprint density at radius 3 is 2.45 bits per heavy atom. The van der Waals surface area contributed by atoms with E-state index in [-0.39, 0.29) is 17.4 Å². The van der Waals surface area contributed by atoms with Crippen molar-refractivity contribution in [2.45, 2.75) is 6.92 Å². The lowest BCUT2D eigenvalue weighted by Crippen LogP contribution is -2.14. The summed E-state index contributed by atoms with van der Waals surface area (Å²) in [5.74, 6) is -0.0817. The first-order valence-electron chi connectivity index (χ1n) is 5.88. The molecule has 0 spiro atoms. The Labute approximate surface area is 115 Å². The number of methoxy groups -OCH3 is 1. The van der Waals surface area contributed by atoms with Gasteiger partial charge in [-0.1, -0.05) is 0 Å². The number of amides is 1. The zero-order chi connectivity index (χ0) is 14.5. The van der Waals surface area contributed by atoms with Crippen LogP contribution in [0, 0.1) is 0 Å². The quantitative estimate of drug-likeness (QED) is 0.859. The molecule has 6 heteroatoms. The molecule has 1 heterocycles. The highest BCUT2D eigenvalue weighted by Gasteiger charge is 2.09. The van der Waals surface area contributed by atoms with Gasteiger partial charge in [0.1, 0.15) is 12.0 Å². The van der Waals surface area contributed by atoms with Crippen LogP contribution in [0.3, 0.4) is 0 Å². The van der Waals surface area contributed by atoms with Gasteiger partial charge in [0.05, 0.1) is 7.11 Å². The zero-order valence-corrected chi connectivity index (χ0v) is 11.1. The molecule has 0 aliphatic rings. The second-order valence-corrected chi connectivity index (χ2v) is 4.03. The molecule has 2 aromatic rings. The van der Waals surface area contributed by atoms with Crippen LogP contribution < -0.4 is 10.1 Å². The summed E-state index contributed by atoms with van der Waals surface area (Å²) in [5.41, 5.74) is 1.37. The molecule has 0 aliphatic carbocycles. The van der Waals surface area contributed by atoms with Crippen LogP contribution in [0.2, 0.25) is 0 Å². The van der Waals surface area contributed by atoms with Gasteiger partial charge in [-0.3, -0.25) is 9.59 Å². The Kier molecular flexibility index (Phi) is 4.05. The van der Waals surface area contributed by atoms with Crippen LogP contribution in [0.5, 0.6) is 5.88 Å². The maximum atomic E-state index is 12.0. The monoisotopic (exact) mass is 271 g/mol. The fourth-order valence-electron chi connectivity index (χ4n) is 1.56. The van der Waals surface area contributed by atoms with E-state index in [0.717, 1.165) is 0 Å². The highest BCUT2D eigenvalue weighted by molar-refractivity contribution is 6.03. The van der Waals surface area contributed by atoms with Gasteiger partial charge in [-0.05, 0) is 31.2 Å². The van der Waals surface area contributed by atoms with Gasteiger partial charge in [0.25, 0.3) is 5.91 Å². The third-order valence-corrected chi connectivity index (χ3v) is 2.63. The summed E-state index contributed by atoms with van der Waals surface area (Å²) >= 11 is 0. The lowest BCUT2D eigenvalue weighted by molar-refractivity contribution is 0.101. The Morgan fingerprint density at radius 1 is 1.15 bits per heavy atom. The Bertz CT molecular complexity index is 638. The molecule has 2 rings (SSSR count). The van der Waals surface area contributed by atoms with E-state index in [9.17, 15) is 9.59 Å². The molecule has 6 nitrogen and oxygen atoms in total. The van der Waals surface area contributed by atoms with Gasteiger partial charge in [0, 0.05) is 17.3 Å². The fraction of sp³-hybridized carbons (Fsp3) is 0.143. The van der Waals surface area contributed by atoms with E-state index < -0.39 is 0 Å². The second-order valence-electron chi connectivity index (χ2n) is 4.03. The highest BCUT2D eigenvalue weighted by atomic mass is 16.5. The molecule has 1 aromatic heterocycles. The zero-order valence-electron chi connectivity index (χ0n) is 11.1. The largest absolute Gasteiger partial charge is 0.481 e. The number of carbonyl (C=O) groups is 2. The van der Waals surface area contributed by atoms with E-state index in [2.05, 4.69) is 15.3 Å². The van der Waals surface area contributed by atoms with E-state index in [1.165, 1.54) is 26.4 Å². The first-order valence-corrected chi connectivity index (χ1v) is 5.88. The summed E-state index contributed by atoms with van der Waals surface area (Å²) in [4.78, 5) is 30.8. The van der Waals surface area contributed by atoms with Gasteiger partial charge in [0.15, 0.2) is 5.78 Å². The number of Topliss-reactive ketones (excluding diaryl/α,β-unsaturated/α-hetero) is 1. The van der Waals surface area contributed by atoms with Crippen molar-refractivity contribution < 1.29 is 14.3 Å². The lowest BCUT2D eigenvalue weighted by Gasteiger charge is -2.06. The number of ether oxygens (including phenoxy) is 1. The van der Waals surface area contributed by atoms with E-state index in [0.29, 0.717) is 17.1 Å². The molecule has 102 valence electrons. The molecule has 0 aliphatic heterocycles. The predicted molar refractivity (Wildman–Crippen MR) is 73.0 cm³/mol. The molecule has 0 unspecified atom stereocenters. The van der Waals surface area contributed by atoms with Crippen molar-refractivity contribution in [3.8, 4) is 5.88 Å². The molecular formula is C14H13N3O3. The predicted octanol–water partition coefficient (Wildman–Crippen LogP) is 1.94. The average molecular weight is 271 g/mol. The molecule has 1 aromatic carbocycles. The number of hydrogen-bond donors (Lipinski definition) is 1. The molecule has 1 amide bonds. The van der Waals surface area contributed by atoms with Crippen molar-refractivity contribution >= 4 is 17.4 Å². The van der Waals surface area contributed by atoms with E-state index in [4.69, 9.17) is 4.74 Å². The lowest BCUT2D eigenvalue weighted by atomic mass is 10.1. The topological polar surface area (TPSA) is 81.2 Å². The summed E-state index contributed by atoms with van der Waals surface area (Å²) in [6.45, 7) is 1.49. The van der Waals surface area contributed by atoms with Gasteiger partial charge in [-0.25, -0.2) is 9.97 Å². The van der Waals surface area contributed by atoms with Crippen molar-refractivity contribution in [1.82, 2.24) is 9.97 Å². The fourth-order valence-corrected chi connectivity index (χ4v) is 1.56. The van der Waals surface area contributed by atoms with Crippen LogP contribution in [0.25, 0.3) is 0 Å². The standard InChI is InChI=1S/C14H13N3O3/c1-9(18)10-3-5-11(6-4-10)17-14(19)12-7-13(20-2)16-8-15-12/h3-8H,1-2H3,(H,17,19). The summed E-state index contributed by atoms with van der Waals surface area (Å²) < 4.78 is 4.93. The van der Waals surface area contributed by atoms with Crippen LogP contribution in [0.1, 0.15) is 27.8 Å². The number of ketones is 1. The van der Waals surface area contributed by atoms with Crippen LogP contribution >= 0.6 is 0 Å². The van der Waals surface area contributed by atoms with Crippen LogP contribution in [0.4, 0.5) is 5.69 Å². The highest BCUT2D eigenvalue weighted by Crippen LogP contribution is 2.12. The average Bonchev–Trinajstić information content (AvgIpc) is 2.47. The molecule has 0 saturated heterocycles. The molecule has 20 heavy (non-hydrogen) atoms. The smallest absolute Gasteiger partial charge is 0.274 e. The van der Waals surface area contributed by atoms with Crippen LogP contribution in [0.15, 0.2) is 36.7 Å². The van der Waals surface area contributed by atoms with Crippen LogP contribution in [-0.4, -0.2) is 28.8 Å².